The first-order valence-corrected chi connectivity index (χ1v) is 8.25. The van der Waals surface area contributed by atoms with Crippen LogP contribution < -0.4 is 15.5 Å². The van der Waals surface area contributed by atoms with Crippen LogP contribution in [0.1, 0.15) is 16.9 Å². The molecule has 0 saturated carbocycles. The number of nitrogens with one attached hydrogen (secondary N) is 2. The van der Waals surface area contributed by atoms with E-state index in [4.69, 9.17) is 0 Å². The third-order valence-electron chi connectivity index (χ3n) is 3.62. The molecule has 1 aromatic heterocycles. The zero-order valence-corrected chi connectivity index (χ0v) is 15.3. The maximum absolute atomic E-state index is 12.2. The topological polar surface area (TPSA) is 73.4 Å². The summed E-state index contributed by atoms with van der Waals surface area (Å²) >= 11 is 0. The zero-order valence-electron chi connectivity index (χ0n) is 15.3. The lowest BCUT2D eigenvalue weighted by molar-refractivity contribution is 0.0947. The number of nitrogens with zero attached hydrogens (tertiary/aromatic N) is 4. The van der Waals surface area contributed by atoms with E-state index in [9.17, 15) is 4.79 Å². The number of hydrogen-bond acceptors (Lipinski definition) is 6. The van der Waals surface area contributed by atoms with Crippen molar-refractivity contribution < 1.29 is 4.79 Å². The fraction of sp³-hybridized carbons (Fsp3) is 0.389. The lowest BCUT2D eigenvalue weighted by Gasteiger charge is -2.13. The first kappa shape index (κ1) is 18.7. The molecule has 2 aromatic rings. The van der Waals surface area contributed by atoms with Gasteiger partial charge in [-0.2, -0.15) is 0 Å². The van der Waals surface area contributed by atoms with Crippen LogP contribution in [-0.2, 0) is 0 Å². The van der Waals surface area contributed by atoms with Gasteiger partial charge >= 0.3 is 0 Å². The van der Waals surface area contributed by atoms with Gasteiger partial charge in [-0.1, -0.05) is 0 Å². The molecule has 0 aliphatic heterocycles. The summed E-state index contributed by atoms with van der Waals surface area (Å²) in [6.07, 6.45) is 2.29. The Morgan fingerprint density at radius 3 is 2.44 bits per heavy atom. The molecular weight excluding hydrogens is 316 g/mol. The fourth-order valence-corrected chi connectivity index (χ4v) is 2.23. The highest BCUT2D eigenvalue weighted by atomic mass is 16.1. The van der Waals surface area contributed by atoms with E-state index in [-0.39, 0.29) is 5.91 Å². The molecule has 0 saturated heterocycles. The van der Waals surface area contributed by atoms with Crippen molar-refractivity contribution in [3.63, 3.8) is 0 Å². The average Bonchev–Trinajstić information content (AvgIpc) is 2.59. The van der Waals surface area contributed by atoms with Gasteiger partial charge < -0.3 is 20.4 Å². The highest BCUT2D eigenvalue weighted by Gasteiger charge is 2.08. The second kappa shape index (κ2) is 8.98. The van der Waals surface area contributed by atoms with Crippen LogP contribution in [0.4, 0.5) is 17.2 Å². The van der Waals surface area contributed by atoms with Gasteiger partial charge in [0.1, 0.15) is 17.8 Å². The molecule has 1 amide bonds. The molecule has 7 heteroatoms. The molecule has 7 nitrogen and oxygen atoms in total. The fourth-order valence-electron chi connectivity index (χ4n) is 2.23. The van der Waals surface area contributed by atoms with E-state index in [0.717, 1.165) is 24.3 Å². The Kier molecular flexibility index (Phi) is 6.71. The molecule has 134 valence electrons. The summed E-state index contributed by atoms with van der Waals surface area (Å²) in [7, 11) is 8.01. The van der Waals surface area contributed by atoms with Crippen molar-refractivity contribution in [2.24, 2.45) is 0 Å². The summed E-state index contributed by atoms with van der Waals surface area (Å²) in [5, 5.41) is 6.07. The third kappa shape index (κ3) is 6.04. The van der Waals surface area contributed by atoms with Crippen molar-refractivity contribution in [2.75, 3.05) is 51.5 Å². The molecule has 1 aromatic carbocycles. The maximum Gasteiger partial charge on any atom is 0.270 e. The Morgan fingerprint density at radius 2 is 1.80 bits per heavy atom. The average molecular weight is 342 g/mol. The Bertz CT molecular complexity index is 684. The molecule has 2 rings (SSSR count). The molecule has 0 aliphatic rings. The molecule has 0 radical (unpaired) electrons. The standard InChI is InChI=1S/C18H26N6O/c1-23(2)11-5-10-19-18(25)16-12-17(21-13-20-16)22-14-6-8-15(9-7-14)24(3)4/h6-9,12-13H,5,10-11H2,1-4H3,(H,19,25)(H,20,21,22). The van der Waals surface area contributed by atoms with Crippen molar-refractivity contribution in [1.82, 2.24) is 20.2 Å². The molecule has 0 atom stereocenters. The zero-order chi connectivity index (χ0) is 18.2. The smallest absolute Gasteiger partial charge is 0.270 e. The van der Waals surface area contributed by atoms with E-state index in [1.54, 1.807) is 6.07 Å². The van der Waals surface area contributed by atoms with Gasteiger partial charge in [0.05, 0.1) is 0 Å². The summed E-state index contributed by atoms with van der Waals surface area (Å²) in [5.74, 6) is 0.401. The molecule has 0 fully saturated rings. The Labute approximate surface area is 149 Å². The van der Waals surface area contributed by atoms with Crippen molar-refractivity contribution in [2.45, 2.75) is 6.42 Å². The van der Waals surface area contributed by atoms with E-state index in [0.29, 0.717) is 18.1 Å². The molecule has 1 heterocycles. The predicted molar refractivity (Wildman–Crippen MR) is 102 cm³/mol. The van der Waals surface area contributed by atoms with Crippen LogP contribution in [0.15, 0.2) is 36.7 Å². The van der Waals surface area contributed by atoms with Gasteiger partial charge in [0.2, 0.25) is 0 Å². The van der Waals surface area contributed by atoms with E-state index in [1.165, 1.54) is 6.33 Å². The van der Waals surface area contributed by atoms with Crippen LogP contribution in [0.3, 0.4) is 0 Å². The number of carbonyl (C=O) groups excluding carboxylic acids is 1. The van der Waals surface area contributed by atoms with E-state index in [1.807, 2.05) is 57.4 Å². The van der Waals surface area contributed by atoms with Crippen LogP contribution >= 0.6 is 0 Å². The Balaban J connectivity index is 1.94. The van der Waals surface area contributed by atoms with Gasteiger partial charge in [0, 0.05) is 38.1 Å². The van der Waals surface area contributed by atoms with Crippen LogP contribution in [0, 0.1) is 0 Å². The molecule has 0 spiro atoms. The van der Waals surface area contributed by atoms with Gasteiger partial charge in [0.15, 0.2) is 0 Å². The Hall–Kier alpha value is -2.67. The lowest BCUT2D eigenvalue weighted by Crippen LogP contribution is -2.27. The minimum absolute atomic E-state index is 0.188. The van der Waals surface area contributed by atoms with Gasteiger partial charge in [-0.25, -0.2) is 9.97 Å². The monoisotopic (exact) mass is 342 g/mol. The summed E-state index contributed by atoms with van der Waals surface area (Å²) in [4.78, 5) is 24.5. The first-order chi connectivity index (χ1) is 12.0. The maximum atomic E-state index is 12.2. The minimum atomic E-state index is -0.188. The quantitative estimate of drug-likeness (QED) is 0.715. The number of aromatic nitrogens is 2. The van der Waals surface area contributed by atoms with Crippen LogP contribution in [0.2, 0.25) is 0 Å². The second-order valence-electron chi connectivity index (χ2n) is 6.27. The van der Waals surface area contributed by atoms with Gasteiger partial charge in [-0.15, -0.1) is 0 Å². The number of carbonyl (C=O) groups is 1. The summed E-state index contributed by atoms with van der Waals surface area (Å²) in [6.45, 7) is 1.55. The largest absolute Gasteiger partial charge is 0.378 e. The molecule has 2 N–H and O–H groups in total. The highest BCUT2D eigenvalue weighted by Crippen LogP contribution is 2.19. The number of hydrogen-bond donors (Lipinski definition) is 2. The number of rotatable bonds is 8. The van der Waals surface area contributed by atoms with Crippen molar-refractivity contribution >= 4 is 23.1 Å². The Morgan fingerprint density at radius 1 is 1.08 bits per heavy atom. The van der Waals surface area contributed by atoms with Crippen molar-refractivity contribution in [3.05, 3.63) is 42.4 Å². The molecule has 25 heavy (non-hydrogen) atoms. The number of anilines is 3. The molecule has 0 aliphatic carbocycles. The van der Waals surface area contributed by atoms with Gasteiger partial charge in [-0.05, 0) is 51.3 Å². The lowest BCUT2D eigenvalue weighted by atomic mass is 10.2. The van der Waals surface area contributed by atoms with Gasteiger partial charge in [0.25, 0.3) is 5.91 Å². The van der Waals surface area contributed by atoms with E-state index < -0.39 is 0 Å². The summed E-state index contributed by atoms with van der Waals surface area (Å²) in [6, 6.07) is 9.63. The highest BCUT2D eigenvalue weighted by molar-refractivity contribution is 5.92. The minimum Gasteiger partial charge on any atom is -0.378 e. The predicted octanol–water partition coefficient (Wildman–Crippen LogP) is 1.97. The number of amides is 1. The van der Waals surface area contributed by atoms with Crippen molar-refractivity contribution in [1.29, 1.82) is 0 Å². The first-order valence-electron chi connectivity index (χ1n) is 8.25. The van der Waals surface area contributed by atoms with Crippen molar-refractivity contribution in [3.8, 4) is 0 Å². The number of benzene rings is 1. The molecule has 0 bridgehead atoms. The van der Waals surface area contributed by atoms with Crippen LogP contribution in [0.25, 0.3) is 0 Å². The van der Waals surface area contributed by atoms with Crippen LogP contribution in [0.5, 0.6) is 0 Å². The normalized spacial score (nSPS) is 10.6. The van der Waals surface area contributed by atoms with Crippen LogP contribution in [-0.4, -0.2) is 62.1 Å². The molecule has 0 unspecified atom stereocenters. The van der Waals surface area contributed by atoms with E-state index in [2.05, 4.69) is 25.5 Å². The van der Waals surface area contributed by atoms with Gasteiger partial charge in [-0.3, -0.25) is 4.79 Å². The summed E-state index contributed by atoms with van der Waals surface area (Å²) in [5.41, 5.74) is 2.37. The SMILES string of the molecule is CN(C)CCCNC(=O)c1cc(Nc2ccc(N(C)C)cc2)ncn1. The van der Waals surface area contributed by atoms with E-state index >= 15 is 0 Å². The second-order valence-corrected chi connectivity index (χ2v) is 6.27. The third-order valence-corrected chi connectivity index (χ3v) is 3.62. The summed E-state index contributed by atoms with van der Waals surface area (Å²) < 4.78 is 0. The molecular formula is C18H26N6O.